The smallest absolute Gasteiger partial charge is 0.246 e. The first-order valence-electron chi connectivity index (χ1n) is 12.6. The van der Waals surface area contributed by atoms with Crippen LogP contribution >= 0.6 is 0 Å². The van der Waals surface area contributed by atoms with E-state index in [1.165, 1.54) is 22.6 Å². The maximum atomic E-state index is 13.4. The highest BCUT2D eigenvalue weighted by Gasteiger charge is 2.40. The van der Waals surface area contributed by atoms with Crippen molar-refractivity contribution in [2.75, 3.05) is 39.8 Å². The number of hydrogen-bond donors (Lipinski definition) is 2. The molecule has 1 amide bonds. The number of hydrogen-bond acceptors (Lipinski definition) is 5. The van der Waals surface area contributed by atoms with Crippen LogP contribution in [-0.2, 0) is 4.79 Å². The summed E-state index contributed by atoms with van der Waals surface area (Å²) in [6, 6.07) is 9.75. The molecule has 2 aromatic carbocycles. The largest absolute Gasteiger partial charge is 0.497 e. The van der Waals surface area contributed by atoms with Crippen LogP contribution in [0.25, 0.3) is 6.08 Å². The number of likely N-dealkylation sites (tertiary alicyclic amines) is 2. The number of piperidine rings is 2. The average molecular weight is 519 g/mol. The molecular formula is C28H33F3N2O4. The number of carbonyl (C=O) groups is 1. The number of aliphatic hydroxyl groups is 2. The van der Waals surface area contributed by atoms with E-state index >= 15 is 0 Å². The molecule has 0 bridgehead atoms. The summed E-state index contributed by atoms with van der Waals surface area (Å²) in [5.41, 5.74) is 0.0150. The number of ether oxygens (including phenoxy) is 1. The molecule has 1 atom stereocenters. The fourth-order valence-corrected chi connectivity index (χ4v) is 5.13. The van der Waals surface area contributed by atoms with E-state index in [2.05, 4.69) is 17.0 Å². The maximum Gasteiger partial charge on any atom is 0.246 e. The number of amides is 1. The van der Waals surface area contributed by atoms with Crippen LogP contribution in [0.3, 0.4) is 0 Å². The van der Waals surface area contributed by atoms with Gasteiger partial charge in [0, 0.05) is 25.7 Å². The number of benzene rings is 2. The molecule has 2 fully saturated rings. The zero-order chi connectivity index (χ0) is 26.6. The summed E-state index contributed by atoms with van der Waals surface area (Å²) >= 11 is 0. The lowest BCUT2D eigenvalue weighted by Gasteiger charge is -2.43. The van der Waals surface area contributed by atoms with Crippen LogP contribution in [0.4, 0.5) is 13.2 Å². The van der Waals surface area contributed by atoms with Gasteiger partial charge in [-0.25, -0.2) is 13.2 Å². The SMILES string of the molecule is COc1ccc(C2CCN(CC(O)C3(O)CCN(C(=O)C=Cc4cc(F)c(F)c(F)c4)CC3)CC2)cc1. The summed E-state index contributed by atoms with van der Waals surface area (Å²) in [5, 5.41) is 21.9. The predicted octanol–water partition coefficient (Wildman–Crippen LogP) is 3.72. The van der Waals surface area contributed by atoms with Crippen LogP contribution < -0.4 is 4.74 Å². The van der Waals surface area contributed by atoms with Gasteiger partial charge < -0.3 is 24.7 Å². The first-order chi connectivity index (χ1) is 17.7. The van der Waals surface area contributed by atoms with Crippen LogP contribution in [-0.4, -0.2) is 77.5 Å². The number of aliphatic hydroxyl groups excluding tert-OH is 1. The van der Waals surface area contributed by atoms with E-state index in [4.69, 9.17) is 4.74 Å². The van der Waals surface area contributed by atoms with Gasteiger partial charge in [-0.05, 0) is 86.2 Å². The molecular weight excluding hydrogens is 485 g/mol. The summed E-state index contributed by atoms with van der Waals surface area (Å²) in [5.74, 6) is -3.31. The zero-order valence-electron chi connectivity index (χ0n) is 20.9. The van der Waals surface area contributed by atoms with Crippen LogP contribution in [0, 0.1) is 17.5 Å². The Labute approximate surface area is 215 Å². The molecule has 0 saturated carbocycles. The summed E-state index contributed by atoms with van der Waals surface area (Å²) < 4.78 is 45.1. The van der Waals surface area contributed by atoms with Crippen molar-refractivity contribution in [3.63, 3.8) is 0 Å². The minimum Gasteiger partial charge on any atom is -0.497 e. The molecule has 2 saturated heterocycles. The summed E-state index contributed by atoms with van der Waals surface area (Å²) in [4.78, 5) is 16.2. The van der Waals surface area contributed by atoms with Crippen molar-refractivity contribution in [1.82, 2.24) is 9.80 Å². The van der Waals surface area contributed by atoms with E-state index < -0.39 is 29.2 Å². The average Bonchev–Trinajstić information content (AvgIpc) is 2.91. The number of halogens is 3. The van der Waals surface area contributed by atoms with Gasteiger partial charge in [0.1, 0.15) is 5.75 Å². The molecule has 0 spiro atoms. The van der Waals surface area contributed by atoms with Gasteiger partial charge in [-0.3, -0.25) is 4.79 Å². The molecule has 0 radical (unpaired) electrons. The Balaban J connectivity index is 1.24. The number of methoxy groups -OCH3 is 1. The number of rotatable bonds is 7. The molecule has 37 heavy (non-hydrogen) atoms. The highest BCUT2D eigenvalue weighted by atomic mass is 19.2. The molecule has 2 aromatic rings. The van der Waals surface area contributed by atoms with Gasteiger partial charge in [-0.15, -0.1) is 0 Å². The summed E-state index contributed by atoms with van der Waals surface area (Å²) in [6.07, 6.45) is 3.81. The lowest BCUT2D eigenvalue weighted by Crippen LogP contribution is -2.56. The molecule has 6 nitrogen and oxygen atoms in total. The molecule has 1 unspecified atom stereocenters. The highest BCUT2D eigenvalue weighted by Crippen LogP contribution is 2.31. The maximum absolute atomic E-state index is 13.4. The Kier molecular flexibility index (Phi) is 8.56. The topological polar surface area (TPSA) is 73.2 Å². The number of nitrogens with zero attached hydrogens (tertiary/aromatic N) is 2. The second-order valence-electron chi connectivity index (χ2n) is 9.92. The van der Waals surface area contributed by atoms with Crippen LogP contribution in [0.5, 0.6) is 5.75 Å². The third-order valence-electron chi connectivity index (χ3n) is 7.59. The second-order valence-corrected chi connectivity index (χ2v) is 9.92. The highest BCUT2D eigenvalue weighted by molar-refractivity contribution is 5.91. The molecule has 200 valence electrons. The van der Waals surface area contributed by atoms with Crippen LogP contribution in [0.2, 0.25) is 0 Å². The Morgan fingerprint density at radius 3 is 2.24 bits per heavy atom. The van der Waals surface area contributed by atoms with E-state index in [-0.39, 0.29) is 37.4 Å². The van der Waals surface area contributed by atoms with Gasteiger partial charge in [-0.1, -0.05) is 12.1 Å². The van der Waals surface area contributed by atoms with Crippen LogP contribution in [0.15, 0.2) is 42.5 Å². The van der Waals surface area contributed by atoms with Gasteiger partial charge in [0.2, 0.25) is 5.91 Å². The Hall–Kier alpha value is -2.88. The Bertz CT molecular complexity index is 1090. The Morgan fingerprint density at radius 2 is 1.68 bits per heavy atom. The van der Waals surface area contributed by atoms with Gasteiger partial charge >= 0.3 is 0 Å². The fourth-order valence-electron chi connectivity index (χ4n) is 5.13. The van der Waals surface area contributed by atoms with Gasteiger partial charge in [0.25, 0.3) is 0 Å². The first kappa shape index (κ1) is 27.2. The third kappa shape index (κ3) is 6.52. The molecule has 9 heteroatoms. The van der Waals surface area contributed by atoms with E-state index in [9.17, 15) is 28.2 Å². The van der Waals surface area contributed by atoms with Crippen molar-refractivity contribution in [2.24, 2.45) is 0 Å². The van der Waals surface area contributed by atoms with E-state index in [1.807, 2.05) is 12.1 Å². The molecule has 2 aliphatic rings. The van der Waals surface area contributed by atoms with Crippen molar-refractivity contribution in [2.45, 2.75) is 43.3 Å². The van der Waals surface area contributed by atoms with Crippen molar-refractivity contribution in [1.29, 1.82) is 0 Å². The molecule has 4 rings (SSSR count). The first-order valence-corrected chi connectivity index (χ1v) is 12.6. The molecule has 0 aromatic heterocycles. The second kappa shape index (κ2) is 11.7. The fraction of sp³-hybridized carbons (Fsp3) is 0.464. The monoisotopic (exact) mass is 518 g/mol. The van der Waals surface area contributed by atoms with Crippen LogP contribution in [0.1, 0.15) is 42.7 Å². The van der Waals surface area contributed by atoms with E-state index in [0.717, 1.165) is 43.8 Å². The minimum atomic E-state index is -1.56. The Morgan fingerprint density at radius 1 is 1.08 bits per heavy atom. The quantitative estimate of drug-likeness (QED) is 0.432. The van der Waals surface area contributed by atoms with E-state index in [1.54, 1.807) is 7.11 Å². The van der Waals surface area contributed by atoms with Crippen molar-refractivity contribution in [3.05, 3.63) is 71.1 Å². The van der Waals surface area contributed by atoms with Crippen molar-refractivity contribution in [3.8, 4) is 5.75 Å². The van der Waals surface area contributed by atoms with Crippen molar-refractivity contribution < 1.29 is 32.9 Å². The molecule has 2 aliphatic heterocycles. The number of β-amino-alcohol motifs (C(OH)–C–C–N with tert-alkyl or cyclic N) is 1. The molecule has 2 N–H and O–H groups in total. The molecule has 2 heterocycles. The summed E-state index contributed by atoms with van der Waals surface area (Å²) in [6.45, 7) is 2.49. The normalized spacial score (nSPS) is 19.8. The third-order valence-corrected chi connectivity index (χ3v) is 7.59. The zero-order valence-corrected chi connectivity index (χ0v) is 20.9. The minimum absolute atomic E-state index is 0.0319. The lowest BCUT2D eigenvalue weighted by molar-refractivity contribution is -0.140. The van der Waals surface area contributed by atoms with Gasteiger partial charge in [-0.2, -0.15) is 0 Å². The predicted molar refractivity (Wildman–Crippen MR) is 134 cm³/mol. The lowest BCUT2D eigenvalue weighted by atomic mass is 9.84. The van der Waals surface area contributed by atoms with E-state index in [0.29, 0.717) is 12.5 Å². The van der Waals surface area contributed by atoms with Gasteiger partial charge in [0.15, 0.2) is 17.5 Å². The van der Waals surface area contributed by atoms with Crippen molar-refractivity contribution >= 4 is 12.0 Å². The standard InChI is InChI=1S/C28H33F3N2O4/c1-37-22-5-3-20(4-6-22)21-8-12-32(13-9-21)18-25(34)28(36)10-14-33(15-11-28)26(35)7-2-19-16-23(29)27(31)24(30)17-19/h2-7,16-17,21,25,34,36H,8-15,18H2,1H3. The summed E-state index contributed by atoms with van der Waals surface area (Å²) in [7, 11) is 1.65. The van der Waals surface area contributed by atoms with Gasteiger partial charge in [0.05, 0.1) is 18.8 Å². The number of carbonyl (C=O) groups excluding carboxylic acids is 1. The molecule has 0 aliphatic carbocycles.